The van der Waals surface area contributed by atoms with Gasteiger partial charge in [-0.3, -0.25) is 9.78 Å². The number of hydrogen-bond acceptors (Lipinski definition) is 5. The van der Waals surface area contributed by atoms with Crippen LogP contribution in [-0.4, -0.2) is 20.0 Å². The van der Waals surface area contributed by atoms with E-state index < -0.39 is 11.9 Å². The lowest BCUT2D eigenvalue weighted by molar-refractivity contribution is -0.142. The molecule has 2 heterocycles. The molecule has 0 bridgehead atoms. The van der Waals surface area contributed by atoms with Gasteiger partial charge in [0, 0.05) is 29.9 Å². The zero-order valence-electron chi connectivity index (χ0n) is 14.2. The Balaban J connectivity index is 1.83. The van der Waals surface area contributed by atoms with Crippen LogP contribution in [-0.2, 0) is 19.8 Å². The maximum absolute atomic E-state index is 13.1. The zero-order valence-corrected chi connectivity index (χ0v) is 15.7. The maximum atomic E-state index is 13.1. The number of alkyl halides is 3. The summed E-state index contributed by atoms with van der Waals surface area (Å²) in [6, 6.07) is 8.73. The summed E-state index contributed by atoms with van der Waals surface area (Å²) in [6.45, 7) is -0.322. The summed E-state index contributed by atoms with van der Waals surface area (Å²) in [6.07, 6.45) is -4.66. The number of aromatic amines is 1. The van der Waals surface area contributed by atoms with Crippen LogP contribution in [0.15, 0.2) is 24.3 Å². The van der Waals surface area contributed by atoms with Crippen molar-refractivity contribution < 1.29 is 13.2 Å². The van der Waals surface area contributed by atoms with Gasteiger partial charge in [0.25, 0.3) is 0 Å². The lowest BCUT2D eigenvalue weighted by atomic mass is 10.2. The van der Waals surface area contributed by atoms with Crippen molar-refractivity contribution in [2.75, 3.05) is 10.6 Å². The van der Waals surface area contributed by atoms with Crippen molar-refractivity contribution in [1.29, 1.82) is 5.26 Å². The second-order valence-electron chi connectivity index (χ2n) is 5.66. The van der Waals surface area contributed by atoms with E-state index in [2.05, 4.69) is 25.9 Å². The summed E-state index contributed by atoms with van der Waals surface area (Å²) in [5.41, 5.74) is -0.644. The number of nitrogens with zero attached hydrogens (tertiary/aromatic N) is 4. The van der Waals surface area contributed by atoms with E-state index in [1.807, 2.05) is 6.07 Å². The molecule has 0 unspecified atom stereocenters. The minimum absolute atomic E-state index is 0.0695. The Morgan fingerprint density at radius 3 is 2.71 bits per heavy atom. The van der Waals surface area contributed by atoms with Crippen LogP contribution < -0.4 is 10.6 Å². The molecular formula is C16H12Cl2F3N7. The van der Waals surface area contributed by atoms with E-state index in [9.17, 15) is 18.4 Å². The Labute approximate surface area is 167 Å². The number of nitriles is 1. The Morgan fingerprint density at radius 2 is 2.07 bits per heavy atom. The lowest BCUT2D eigenvalue weighted by Crippen LogP contribution is -2.12. The van der Waals surface area contributed by atoms with Crippen molar-refractivity contribution >= 4 is 40.5 Å². The largest absolute Gasteiger partial charge is 0.435 e. The SMILES string of the molecule is Cn1nc(C(F)(F)F)c(CNc2n[nH]c(Nc3cccc(Cl)c3)c2C#N)c1Cl. The minimum atomic E-state index is -4.66. The van der Waals surface area contributed by atoms with Gasteiger partial charge in [-0.2, -0.15) is 28.6 Å². The summed E-state index contributed by atoms with van der Waals surface area (Å²) in [4.78, 5) is 0. The fraction of sp³-hybridized carbons (Fsp3) is 0.188. The van der Waals surface area contributed by atoms with Crippen LogP contribution in [0, 0.1) is 11.3 Å². The Bertz CT molecular complexity index is 1050. The Kier molecular flexibility index (Phi) is 5.40. The predicted octanol–water partition coefficient (Wildman–Crippen LogP) is 4.70. The third-order valence-electron chi connectivity index (χ3n) is 3.74. The highest BCUT2D eigenvalue weighted by Crippen LogP contribution is 2.35. The van der Waals surface area contributed by atoms with Crippen molar-refractivity contribution in [1.82, 2.24) is 20.0 Å². The molecule has 3 N–H and O–H groups in total. The highest BCUT2D eigenvalue weighted by Gasteiger charge is 2.38. The van der Waals surface area contributed by atoms with Crippen molar-refractivity contribution in [3.63, 3.8) is 0 Å². The topological polar surface area (TPSA) is 94.3 Å². The molecule has 3 rings (SSSR count). The van der Waals surface area contributed by atoms with Crippen LogP contribution in [0.1, 0.15) is 16.8 Å². The molecule has 0 radical (unpaired) electrons. The average Bonchev–Trinajstić information content (AvgIpc) is 3.14. The summed E-state index contributed by atoms with van der Waals surface area (Å²) in [5.74, 6) is 0.334. The van der Waals surface area contributed by atoms with Gasteiger partial charge in [0.2, 0.25) is 0 Å². The monoisotopic (exact) mass is 429 g/mol. The molecule has 0 aliphatic carbocycles. The molecule has 12 heteroatoms. The first-order chi connectivity index (χ1) is 13.2. The fourth-order valence-corrected chi connectivity index (χ4v) is 2.87. The lowest BCUT2D eigenvalue weighted by Gasteiger charge is -2.08. The highest BCUT2D eigenvalue weighted by molar-refractivity contribution is 6.31. The number of anilines is 3. The molecule has 0 saturated heterocycles. The van der Waals surface area contributed by atoms with Crippen molar-refractivity contribution in [2.24, 2.45) is 7.05 Å². The van der Waals surface area contributed by atoms with Crippen LogP contribution in [0.3, 0.4) is 0 Å². The van der Waals surface area contributed by atoms with E-state index in [0.29, 0.717) is 10.7 Å². The number of rotatable bonds is 5. The standard InChI is InChI=1S/C16H12Cl2F3N7/c1-28-13(18)11(12(27-28)16(19,20)21)7-23-14-10(6-22)15(26-25-14)24-9-4-2-3-8(17)5-9/h2-5H,7H2,1H3,(H3,23,24,25,26). The highest BCUT2D eigenvalue weighted by atomic mass is 35.5. The second kappa shape index (κ2) is 7.61. The van der Waals surface area contributed by atoms with Crippen LogP contribution in [0.2, 0.25) is 10.2 Å². The molecule has 0 aliphatic rings. The van der Waals surface area contributed by atoms with Gasteiger partial charge in [0.15, 0.2) is 11.5 Å². The van der Waals surface area contributed by atoms with Gasteiger partial charge < -0.3 is 10.6 Å². The molecular weight excluding hydrogens is 418 g/mol. The number of H-pyrrole nitrogens is 1. The Morgan fingerprint density at radius 1 is 1.32 bits per heavy atom. The first kappa shape index (κ1) is 19.9. The molecule has 0 fully saturated rings. The molecule has 0 aliphatic heterocycles. The van der Waals surface area contributed by atoms with Gasteiger partial charge in [-0.1, -0.05) is 29.3 Å². The fourth-order valence-electron chi connectivity index (χ4n) is 2.48. The van der Waals surface area contributed by atoms with Gasteiger partial charge in [-0.25, -0.2) is 0 Å². The number of aryl methyl sites for hydroxylation is 1. The predicted molar refractivity (Wildman–Crippen MR) is 98.6 cm³/mol. The van der Waals surface area contributed by atoms with E-state index in [4.69, 9.17) is 23.2 Å². The molecule has 0 saturated carbocycles. The van der Waals surface area contributed by atoms with E-state index in [1.165, 1.54) is 7.05 Å². The number of benzene rings is 1. The van der Waals surface area contributed by atoms with Gasteiger partial charge in [0.05, 0.1) is 0 Å². The van der Waals surface area contributed by atoms with Gasteiger partial charge in [-0.15, -0.1) is 0 Å². The van der Waals surface area contributed by atoms with E-state index in [0.717, 1.165) is 4.68 Å². The van der Waals surface area contributed by atoms with Crippen LogP contribution in [0.5, 0.6) is 0 Å². The van der Waals surface area contributed by atoms with E-state index in [1.54, 1.807) is 24.3 Å². The second-order valence-corrected chi connectivity index (χ2v) is 6.46. The molecule has 0 amide bonds. The normalized spacial score (nSPS) is 11.3. The summed E-state index contributed by atoms with van der Waals surface area (Å²) in [7, 11) is 1.31. The molecule has 0 atom stereocenters. The van der Waals surface area contributed by atoms with Gasteiger partial charge in [0.1, 0.15) is 22.6 Å². The maximum Gasteiger partial charge on any atom is 0.435 e. The Hall–Kier alpha value is -2.90. The van der Waals surface area contributed by atoms with Crippen molar-refractivity contribution in [3.05, 3.63) is 51.3 Å². The number of aromatic nitrogens is 4. The molecule has 7 nitrogen and oxygen atoms in total. The zero-order chi connectivity index (χ0) is 20.5. The van der Waals surface area contributed by atoms with Crippen LogP contribution >= 0.6 is 23.2 Å². The molecule has 28 heavy (non-hydrogen) atoms. The average molecular weight is 430 g/mol. The quantitative estimate of drug-likeness (QED) is 0.546. The van der Waals surface area contributed by atoms with Gasteiger partial charge >= 0.3 is 6.18 Å². The number of hydrogen-bond donors (Lipinski definition) is 3. The molecule has 3 aromatic rings. The van der Waals surface area contributed by atoms with Gasteiger partial charge in [-0.05, 0) is 18.2 Å². The first-order valence-corrected chi connectivity index (χ1v) is 8.49. The third kappa shape index (κ3) is 4.00. The molecule has 2 aromatic heterocycles. The summed E-state index contributed by atoms with van der Waals surface area (Å²) < 4.78 is 40.3. The van der Waals surface area contributed by atoms with Crippen LogP contribution in [0.4, 0.5) is 30.5 Å². The smallest absolute Gasteiger partial charge is 0.363 e. The molecule has 0 spiro atoms. The third-order valence-corrected chi connectivity index (χ3v) is 4.45. The van der Waals surface area contributed by atoms with E-state index >= 15 is 0 Å². The van der Waals surface area contributed by atoms with Crippen molar-refractivity contribution in [3.8, 4) is 6.07 Å². The first-order valence-electron chi connectivity index (χ1n) is 7.74. The van der Waals surface area contributed by atoms with E-state index in [-0.39, 0.29) is 34.5 Å². The summed E-state index contributed by atoms with van der Waals surface area (Å²) >= 11 is 11.9. The minimum Gasteiger partial charge on any atom is -0.363 e. The number of nitrogens with one attached hydrogen (secondary N) is 3. The molecule has 1 aromatic carbocycles. The van der Waals surface area contributed by atoms with Crippen molar-refractivity contribution in [2.45, 2.75) is 12.7 Å². The number of halogens is 5. The van der Waals surface area contributed by atoms with Crippen LogP contribution in [0.25, 0.3) is 0 Å². The molecule has 146 valence electrons. The summed E-state index contributed by atoms with van der Waals surface area (Å²) in [5, 5.41) is 25.4.